The van der Waals surface area contributed by atoms with Crippen molar-refractivity contribution in [1.29, 1.82) is 0 Å². The molecule has 1 aromatic rings. The van der Waals surface area contributed by atoms with Crippen LogP contribution in [0.4, 0.5) is 0 Å². The van der Waals surface area contributed by atoms with Crippen molar-refractivity contribution in [2.75, 3.05) is 33.3 Å². The Labute approximate surface area is 131 Å². The molecule has 1 heterocycles. The van der Waals surface area contributed by atoms with Gasteiger partial charge < -0.3 is 14.7 Å². The zero-order valence-electron chi connectivity index (χ0n) is 13.1. The van der Waals surface area contributed by atoms with E-state index in [4.69, 9.17) is 4.74 Å². The minimum absolute atomic E-state index is 0.220. The van der Waals surface area contributed by atoms with Crippen LogP contribution in [0.3, 0.4) is 0 Å². The summed E-state index contributed by atoms with van der Waals surface area (Å²) >= 11 is 0. The molecule has 2 aliphatic rings. The summed E-state index contributed by atoms with van der Waals surface area (Å²) in [5.74, 6) is 1.29. The second-order valence-corrected chi connectivity index (χ2v) is 6.30. The Morgan fingerprint density at radius 1 is 1.32 bits per heavy atom. The predicted molar refractivity (Wildman–Crippen MR) is 83.6 cm³/mol. The predicted octanol–water partition coefficient (Wildman–Crippen LogP) is 1.11. The molecule has 5 heteroatoms. The largest absolute Gasteiger partial charge is 0.497 e. The number of nitrogens with zero attached hydrogens (tertiary/aromatic N) is 2. The molecule has 1 amide bonds. The quantitative estimate of drug-likeness (QED) is 0.905. The van der Waals surface area contributed by atoms with Gasteiger partial charge in [-0.2, -0.15) is 0 Å². The van der Waals surface area contributed by atoms with Crippen molar-refractivity contribution < 1.29 is 14.6 Å². The highest BCUT2D eigenvalue weighted by atomic mass is 16.5. The molecule has 1 aromatic carbocycles. The lowest BCUT2D eigenvalue weighted by Gasteiger charge is -2.22. The van der Waals surface area contributed by atoms with E-state index in [1.165, 1.54) is 0 Å². The van der Waals surface area contributed by atoms with Crippen LogP contribution in [0.15, 0.2) is 24.3 Å². The van der Waals surface area contributed by atoms with Crippen molar-refractivity contribution in [1.82, 2.24) is 9.80 Å². The molecular formula is C17H24N2O3. The normalized spacial score (nSPS) is 23.2. The lowest BCUT2D eigenvalue weighted by molar-refractivity contribution is -0.133. The zero-order chi connectivity index (χ0) is 15.5. The van der Waals surface area contributed by atoms with E-state index in [1.54, 1.807) is 7.11 Å². The molecule has 1 saturated carbocycles. The summed E-state index contributed by atoms with van der Waals surface area (Å²) in [5, 5.41) is 10.2. The van der Waals surface area contributed by atoms with Crippen molar-refractivity contribution in [3.05, 3.63) is 29.8 Å². The number of aliphatic hydroxyl groups excluding tert-OH is 1. The molecule has 1 N–H and O–H groups in total. The second-order valence-electron chi connectivity index (χ2n) is 6.30. The molecule has 0 aromatic heterocycles. The van der Waals surface area contributed by atoms with E-state index in [0.29, 0.717) is 19.6 Å². The number of benzene rings is 1. The van der Waals surface area contributed by atoms with Gasteiger partial charge in [0.05, 0.1) is 13.2 Å². The van der Waals surface area contributed by atoms with Gasteiger partial charge in [-0.3, -0.25) is 9.69 Å². The van der Waals surface area contributed by atoms with Crippen LogP contribution >= 0.6 is 0 Å². The number of carbonyl (C=O) groups excluding carboxylic acids is 1. The van der Waals surface area contributed by atoms with Crippen LogP contribution in [0.5, 0.6) is 5.75 Å². The molecule has 1 aliphatic carbocycles. The fourth-order valence-electron chi connectivity index (χ4n) is 3.02. The minimum Gasteiger partial charge on any atom is -0.497 e. The van der Waals surface area contributed by atoms with Gasteiger partial charge in [0, 0.05) is 38.6 Å². The third-order valence-electron chi connectivity index (χ3n) is 4.36. The van der Waals surface area contributed by atoms with Crippen molar-refractivity contribution >= 4 is 5.91 Å². The number of ether oxygens (including phenoxy) is 1. The highest BCUT2D eigenvalue weighted by Crippen LogP contribution is 2.31. The molecule has 3 rings (SSSR count). The molecule has 2 fully saturated rings. The maximum absolute atomic E-state index is 12.2. The molecule has 0 unspecified atom stereocenters. The van der Waals surface area contributed by atoms with Gasteiger partial charge >= 0.3 is 0 Å². The number of rotatable bonds is 4. The Balaban J connectivity index is 1.61. The lowest BCUT2D eigenvalue weighted by Crippen LogP contribution is -2.38. The molecule has 0 bridgehead atoms. The Morgan fingerprint density at radius 3 is 2.86 bits per heavy atom. The highest BCUT2D eigenvalue weighted by molar-refractivity contribution is 5.81. The first-order chi connectivity index (χ1) is 10.7. The molecule has 0 radical (unpaired) electrons. The summed E-state index contributed by atoms with van der Waals surface area (Å²) in [4.78, 5) is 16.2. The van der Waals surface area contributed by atoms with Crippen molar-refractivity contribution in [2.45, 2.75) is 25.5 Å². The highest BCUT2D eigenvalue weighted by Gasteiger charge is 2.35. The first kappa shape index (κ1) is 15.3. The monoisotopic (exact) mass is 304 g/mol. The van der Waals surface area contributed by atoms with E-state index in [1.807, 2.05) is 23.1 Å². The molecule has 5 nitrogen and oxygen atoms in total. The van der Waals surface area contributed by atoms with Gasteiger partial charge in [0.25, 0.3) is 0 Å². The Bertz CT molecular complexity index is 530. The van der Waals surface area contributed by atoms with E-state index < -0.39 is 6.10 Å². The average molecular weight is 304 g/mol. The summed E-state index contributed by atoms with van der Waals surface area (Å²) < 4.78 is 5.25. The number of hydrogen-bond acceptors (Lipinski definition) is 4. The third-order valence-corrected chi connectivity index (χ3v) is 4.36. The van der Waals surface area contributed by atoms with Crippen LogP contribution in [0.25, 0.3) is 0 Å². The second kappa shape index (κ2) is 6.67. The molecule has 120 valence electrons. The summed E-state index contributed by atoms with van der Waals surface area (Å²) in [6.07, 6.45) is 1.55. The Hall–Kier alpha value is -1.59. The smallest absolute Gasteiger partial charge is 0.225 e. The fraction of sp³-hybridized carbons (Fsp3) is 0.588. The Morgan fingerprint density at radius 2 is 2.14 bits per heavy atom. The number of aliphatic hydroxyl groups is 1. The minimum atomic E-state index is -0.476. The molecule has 1 saturated heterocycles. The summed E-state index contributed by atoms with van der Waals surface area (Å²) in [5.41, 5.74) is 1.16. The number of carbonyl (C=O) groups is 1. The standard InChI is InChI=1S/C17H24N2O3/c1-22-16-4-2-3-13(9-16)10-18-7-8-19(12-15(20)11-18)17(21)14-5-6-14/h2-4,9,14-15,20H,5-8,10-12H2,1H3/t15-/m1/s1. The topological polar surface area (TPSA) is 53.0 Å². The van der Waals surface area contributed by atoms with Crippen LogP contribution in [-0.4, -0.2) is 60.2 Å². The summed E-state index contributed by atoms with van der Waals surface area (Å²) in [7, 11) is 1.66. The van der Waals surface area contributed by atoms with E-state index in [2.05, 4.69) is 11.0 Å². The molecule has 22 heavy (non-hydrogen) atoms. The Kier molecular flexibility index (Phi) is 4.64. The zero-order valence-corrected chi connectivity index (χ0v) is 13.1. The van der Waals surface area contributed by atoms with E-state index in [9.17, 15) is 9.90 Å². The van der Waals surface area contributed by atoms with Crippen molar-refractivity contribution in [3.8, 4) is 5.75 Å². The van der Waals surface area contributed by atoms with E-state index >= 15 is 0 Å². The van der Waals surface area contributed by atoms with Gasteiger partial charge in [-0.15, -0.1) is 0 Å². The van der Waals surface area contributed by atoms with Gasteiger partial charge in [-0.05, 0) is 30.5 Å². The maximum atomic E-state index is 12.2. The lowest BCUT2D eigenvalue weighted by atomic mass is 10.2. The number of β-amino-alcohol motifs (C(OH)–C–C–N with tert-alkyl or cyclic N) is 1. The van der Waals surface area contributed by atoms with Crippen LogP contribution in [0.1, 0.15) is 18.4 Å². The number of methoxy groups -OCH3 is 1. The summed E-state index contributed by atoms with van der Waals surface area (Å²) in [6, 6.07) is 7.99. The van der Waals surface area contributed by atoms with Crippen LogP contribution in [0, 0.1) is 5.92 Å². The molecule has 1 atom stereocenters. The van der Waals surface area contributed by atoms with Gasteiger partial charge in [-0.1, -0.05) is 12.1 Å². The average Bonchev–Trinajstić information content (AvgIpc) is 3.35. The number of hydrogen-bond donors (Lipinski definition) is 1. The maximum Gasteiger partial charge on any atom is 0.225 e. The third kappa shape index (κ3) is 3.78. The van der Waals surface area contributed by atoms with E-state index in [-0.39, 0.29) is 11.8 Å². The molecule has 1 aliphatic heterocycles. The fourth-order valence-corrected chi connectivity index (χ4v) is 3.02. The van der Waals surface area contributed by atoms with Gasteiger partial charge in [0.1, 0.15) is 5.75 Å². The van der Waals surface area contributed by atoms with Gasteiger partial charge in [0.2, 0.25) is 5.91 Å². The van der Waals surface area contributed by atoms with Crippen molar-refractivity contribution in [3.63, 3.8) is 0 Å². The first-order valence-corrected chi connectivity index (χ1v) is 7.98. The van der Waals surface area contributed by atoms with E-state index in [0.717, 1.165) is 37.2 Å². The molecular weight excluding hydrogens is 280 g/mol. The SMILES string of the molecule is COc1cccc(CN2CCN(C(=O)C3CC3)C[C@H](O)C2)c1. The van der Waals surface area contributed by atoms with Crippen LogP contribution in [0.2, 0.25) is 0 Å². The van der Waals surface area contributed by atoms with Crippen LogP contribution in [-0.2, 0) is 11.3 Å². The first-order valence-electron chi connectivity index (χ1n) is 7.98. The van der Waals surface area contributed by atoms with Crippen molar-refractivity contribution in [2.24, 2.45) is 5.92 Å². The number of amides is 1. The molecule has 0 spiro atoms. The summed E-state index contributed by atoms with van der Waals surface area (Å²) in [6.45, 7) is 3.33. The van der Waals surface area contributed by atoms with Crippen LogP contribution < -0.4 is 4.74 Å². The van der Waals surface area contributed by atoms with Gasteiger partial charge in [0.15, 0.2) is 0 Å². The van der Waals surface area contributed by atoms with Gasteiger partial charge in [-0.25, -0.2) is 0 Å².